The van der Waals surface area contributed by atoms with Crippen molar-refractivity contribution < 1.29 is 9.47 Å². The summed E-state index contributed by atoms with van der Waals surface area (Å²) in [6, 6.07) is 15.3. The summed E-state index contributed by atoms with van der Waals surface area (Å²) in [5.74, 6) is 4.24. The van der Waals surface area contributed by atoms with Gasteiger partial charge in [0.1, 0.15) is 17.4 Å². The fourth-order valence-corrected chi connectivity index (χ4v) is 5.84. The topological polar surface area (TPSA) is 50.7 Å². The summed E-state index contributed by atoms with van der Waals surface area (Å²) >= 11 is 0. The molecular weight excluding hydrogens is 436 g/mol. The van der Waals surface area contributed by atoms with E-state index in [0.29, 0.717) is 17.9 Å². The molecule has 0 amide bonds. The lowest BCUT2D eigenvalue weighted by Gasteiger charge is -2.35. The maximum absolute atomic E-state index is 5.65. The van der Waals surface area contributed by atoms with Crippen LogP contribution in [-0.4, -0.2) is 56.5 Å². The molecular formula is C29H36N4O2. The molecule has 0 spiro atoms. The largest absolute Gasteiger partial charge is 0.496 e. The molecule has 6 rings (SSSR count). The molecule has 6 nitrogen and oxygen atoms in total. The normalized spacial score (nSPS) is 19.9. The van der Waals surface area contributed by atoms with Crippen LogP contribution in [0.5, 0.6) is 5.75 Å². The molecule has 1 saturated carbocycles. The third-order valence-electron chi connectivity index (χ3n) is 8.13. The van der Waals surface area contributed by atoms with Gasteiger partial charge in [0.2, 0.25) is 0 Å². The van der Waals surface area contributed by atoms with Crippen LogP contribution in [0.15, 0.2) is 42.5 Å². The van der Waals surface area contributed by atoms with Gasteiger partial charge in [0.15, 0.2) is 0 Å². The molecule has 0 unspecified atom stereocenters. The van der Waals surface area contributed by atoms with Crippen molar-refractivity contribution in [2.24, 2.45) is 0 Å². The first-order valence-electron chi connectivity index (χ1n) is 13.2. The van der Waals surface area contributed by atoms with Gasteiger partial charge in [-0.15, -0.1) is 0 Å². The molecule has 2 aromatic carbocycles. The number of hydrogen-bond acceptors (Lipinski definition) is 6. The van der Waals surface area contributed by atoms with E-state index in [1.807, 2.05) is 7.11 Å². The maximum atomic E-state index is 5.65. The smallest absolute Gasteiger partial charge is 0.140 e. The van der Waals surface area contributed by atoms with E-state index < -0.39 is 0 Å². The first kappa shape index (κ1) is 22.6. The second-order valence-electron chi connectivity index (χ2n) is 10.3. The molecule has 35 heavy (non-hydrogen) atoms. The molecule has 1 aromatic heterocycles. The lowest BCUT2D eigenvalue weighted by Crippen LogP contribution is -2.36. The molecule has 2 aliphatic heterocycles. The highest BCUT2D eigenvalue weighted by atomic mass is 16.5. The number of methoxy groups -OCH3 is 2. The van der Waals surface area contributed by atoms with E-state index in [1.165, 1.54) is 29.5 Å². The van der Waals surface area contributed by atoms with Crippen molar-refractivity contribution in [2.75, 3.05) is 50.2 Å². The first-order valence-corrected chi connectivity index (χ1v) is 13.2. The van der Waals surface area contributed by atoms with Gasteiger partial charge in [0.05, 0.1) is 18.7 Å². The van der Waals surface area contributed by atoms with E-state index >= 15 is 0 Å². The van der Waals surface area contributed by atoms with Gasteiger partial charge in [-0.05, 0) is 74.3 Å². The number of hydrogen-bond donors (Lipinski definition) is 0. The Balaban J connectivity index is 1.28. The van der Waals surface area contributed by atoms with Gasteiger partial charge in [0.25, 0.3) is 0 Å². The van der Waals surface area contributed by atoms with Crippen LogP contribution in [0.1, 0.15) is 61.7 Å². The van der Waals surface area contributed by atoms with E-state index in [9.17, 15) is 0 Å². The Morgan fingerprint density at radius 2 is 1.51 bits per heavy atom. The number of rotatable bonds is 6. The van der Waals surface area contributed by atoms with Gasteiger partial charge < -0.3 is 19.3 Å². The molecule has 6 heteroatoms. The third kappa shape index (κ3) is 4.56. The molecule has 0 N–H and O–H groups in total. The van der Waals surface area contributed by atoms with Crippen LogP contribution in [0.4, 0.5) is 11.5 Å². The van der Waals surface area contributed by atoms with E-state index in [-0.39, 0.29) is 0 Å². The Kier molecular flexibility index (Phi) is 6.23. The van der Waals surface area contributed by atoms with E-state index in [2.05, 4.69) is 52.3 Å². The number of aromatic nitrogens is 2. The number of piperidine rings is 2. The second kappa shape index (κ2) is 9.65. The summed E-state index contributed by atoms with van der Waals surface area (Å²) in [4.78, 5) is 15.2. The minimum absolute atomic E-state index is 0.385. The van der Waals surface area contributed by atoms with Gasteiger partial charge in [0, 0.05) is 50.3 Å². The van der Waals surface area contributed by atoms with Crippen molar-refractivity contribution >= 4 is 22.4 Å². The lowest BCUT2D eigenvalue weighted by molar-refractivity contribution is 0.0819. The minimum Gasteiger partial charge on any atom is -0.496 e. The molecule has 0 atom stereocenters. The van der Waals surface area contributed by atoms with Crippen LogP contribution in [0.2, 0.25) is 0 Å². The summed E-state index contributed by atoms with van der Waals surface area (Å²) in [6.07, 6.45) is 7.19. The highest BCUT2D eigenvalue weighted by Crippen LogP contribution is 2.42. The minimum atomic E-state index is 0.385. The summed E-state index contributed by atoms with van der Waals surface area (Å²) in [5, 5.41) is 1.19. The number of benzene rings is 2. The van der Waals surface area contributed by atoms with Crippen LogP contribution >= 0.6 is 0 Å². The van der Waals surface area contributed by atoms with Crippen molar-refractivity contribution in [3.05, 3.63) is 53.9 Å². The van der Waals surface area contributed by atoms with Crippen molar-refractivity contribution in [2.45, 2.75) is 56.5 Å². The fraction of sp³-hybridized carbons (Fsp3) is 0.517. The summed E-state index contributed by atoms with van der Waals surface area (Å²) < 4.78 is 11.2. The van der Waals surface area contributed by atoms with Crippen LogP contribution in [0, 0.1) is 0 Å². The van der Waals surface area contributed by atoms with Crippen LogP contribution in [-0.2, 0) is 4.74 Å². The number of nitrogens with zero attached hydrogens (tertiary/aromatic N) is 4. The quantitative estimate of drug-likeness (QED) is 0.471. The predicted octanol–water partition coefficient (Wildman–Crippen LogP) is 5.52. The Morgan fingerprint density at radius 3 is 2.23 bits per heavy atom. The predicted molar refractivity (Wildman–Crippen MR) is 141 cm³/mol. The molecule has 1 aliphatic carbocycles. The molecule has 0 radical (unpaired) electrons. The molecule has 0 bridgehead atoms. The maximum Gasteiger partial charge on any atom is 0.140 e. The lowest BCUT2D eigenvalue weighted by atomic mass is 9.88. The zero-order chi connectivity index (χ0) is 23.8. The summed E-state index contributed by atoms with van der Waals surface area (Å²) in [7, 11) is 3.60. The summed E-state index contributed by atoms with van der Waals surface area (Å²) in [5.41, 5.74) is 3.70. The zero-order valence-electron chi connectivity index (χ0n) is 20.9. The zero-order valence-corrected chi connectivity index (χ0v) is 20.9. The van der Waals surface area contributed by atoms with Crippen LogP contribution < -0.4 is 14.5 Å². The Morgan fingerprint density at radius 1 is 0.771 bits per heavy atom. The van der Waals surface area contributed by atoms with E-state index in [1.54, 1.807) is 7.11 Å². The molecule has 3 aromatic rings. The Bertz CT molecular complexity index is 1180. The van der Waals surface area contributed by atoms with Gasteiger partial charge >= 0.3 is 0 Å². The van der Waals surface area contributed by atoms with Gasteiger partial charge in [-0.25, -0.2) is 9.97 Å². The molecule has 3 aliphatic rings. The van der Waals surface area contributed by atoms with Gasteiger partial charge in [-0.1, -0.05) is 18.2 Å². The number of fused-ring (bicyclic) bond motifs is 1. The summed E-state index contributed by atoms with van der Waals surface area (Å²) in [6.45, 7) is 4.07. The van der Waals surface area contributed by atoms with Crippen LogP contribution in [0.25, 0.3) is 10.9 Å². The van der Waals surface area contributed by atoms with Gasteiger partial charge in [-0.3, -0.25) is 0 Å². The van der Waals surface area contributed by atoms with Crippen molar-refractivity contribution in [3.63, 3.8) is 0 Å². The molecule has 3 fully saturated rings. The second-order valence-corrected chi connectivity index (χ2v) is 10.3. The number of ether oxygens (including phenoxy) is 2. The first-order chi connectivity index (χ1) is 17.2. The van der Waals surface area contributed by atoms with Crippen molar-refractivity contribution in [1.82, 2.24) is 9.97 Å². The number of anilines is 2. The van der Waals surface area contributed by atoms with E-state index in [4.69, 9.17) is 19.4 Å². The van der Waals surface area contributed by atoms with Gasteiger partial charge in [-0.2, -0.15) is 0 Å². The third-order valence-corrected chi connectivity index (χ3v) is 8.13. The van der Waals surface area contributed by atoms with Crippen molar-refractivity contribution in [3.8, 4) is 5.75 Å². The Labute approximate surface area is 208 Å². The van der Waals surface area contributed by atoms with Crippen molar-refractivity contribution in [1.29, 1.82) is 0 Å². The molecule has 2 saturated heterocycles. The highest BCUT2D eigenvalue weighted by Gasteiger charge is 2.30. The average Bonchev–Trinajstić information content (AvgIpc) is 3.78. The molecule has 3 heterocycles. The number of para-hydroxylation sites is 1. The van der Waals surface area contributed by atoms with E-state index in [0.717, 1.165) is 74.8 Å². The standard InChI is InChI=1S/C29H36N4O2/c1-34-23-13-17-32(18-14-23)22-9-10-26-25(19-22)29(31-28(30-26)21-7-8-21)33-15-11-20(12-16-33)24-5-3-4-6-27(24)35-2/h3-6,9-10,19-21,23H,7-8,11-18H2,1-2H3. The fourth-order valence-electron chi connectivity index (χ4n) is 5.84. The monoisotopic (exact) mass is 472 g/mol. The average molecular weight is 473 g/mol. The van der Waals surface area contributed by atoms with Crippen LogP contribution in [0.3, 0.4) is 0 Å². The highest BCUT2D eigenvalue weighted by molar-refractivity contribution is 5.92. The SMILES string of the molecule is COc1ccccc1C1CCN(c2nc(C3CC3)nc3ccc(N4CCC(OC)CC4)cc23)CC1. The Hall–Kier alpha value is -2.86. The molecule has 184 valence electrons.